The Morgan fingerprint density at radius 1 is 1.42 bits per heavy atom. The van der Waals surface area contributed by atoms with Crippen molar-refractivity contribution in [3.63, 3.8) is 0 Å². The zero-order valence-corrected chi connectivity index (χ0v) is 11.3. The van der Waals surface area contributed by atoms with Crippen molar-refractivity contribution in [2.45, 2.75) is 24.3 Å². The number of hydrogen-bond acceptors (Lipinski definition) is 5. The van der Waals surface area contributed by atoms with Gasteiger partial charge in [-0.3, -0.25) is 10.1 Å². The van der Waals surface area contributed by atoms with Crippen LogP contribution in [0.1, 0.15) is 12.5 Å². The summed E-state index contributed by atoms with van der Waals surface area (Å²) in [4.78, 5) is 10.1. The number of rotatable bonds is 3. The quantitative estimate of drug-likeness (QED) is 0.649. The van der Waals surface area contributed by atoms with Crippen LogP contribution >= 0.6 is 0 Å². The number of benzene rings is 1. The summed E-state index contributed by atoms with van der Waals surface area (Å²) in [6, 6.07) is 3.95. The summed E-state index contributed by atoms with van der Waals surface area (Å²) < 4.78 is 25.7. The van der Waals surface area contributed by atoms with E-state index in [4.69, 9.17) is 0 Å². The largest absolute Gasteiger partial charge is 0.387 e. The van der Waals surface area contributed by atoms with Gasteiger partial charge in [0.1, 0.15) is 0 Å². The van der Waals surface area contributed by atoms with Crippen molar-refractivity contribution in [1.29, 1.82) is 0 Å². The fourth-order valence-corrected chi connectivity index (χ4v) is 4.02. The van der Waals surface area contributed by atoms with Gasteiger partial charge >= 0.3 is 0 Å². The molecule has 0 unspecified atom stereocenters. The van der Waals surface area contributed by atoms with Gasteiger partial charge in [-0.15, -0.1) is 0 Å². The highest BCUT2D eigenvalue weighted by molar-refractivity contribution is 7.89. The molecule has 1 aromatic rings. The molecule has 1 aromatic carbocycles. The molecule has 0 radical (unpaired) electrons. The van der Waals surface area contributed by atoms with Crippen molar-refractivity contribution >= 4 is 15.7 Å². The lowest BCUT2D eigenvalue weighted by Gasteiger charge is -2.42. The summed E-state index contributed by atoms with van der Waals surface area (Å²) in [7, 11) is -3.79. The molecular formula is C11H14N2O5S. The summed E-state index contributed by atoms with van der Waals surface area (Å²) >= 11 is 0. The fraction of sp³-hybridized carbons (Fsp3) is 0.455. The van der Waals surface area contributed by atoms with Gasteiger partial charge in [0.05, 0.1) is 15.4 Å². The SMILES string of the molecule is Cc1c([N+](=O)[O-])cccc1S(=O)(=O)N1CC(C)(O)C1. The molecule has 2 rings (SSSR count). The fourth-order valence-electron chi connectivity index (χ4n) is 2.10. The molecule has 0 aliphatic carbocycles. The number of sulfonamides is 1. The minimum atomic E-state index is -3.79. The second-order valence-electron chi connectivity index (χ2n) is 4.93. The standard InChI is InChI=1S/C11H14N2O5S/c1-8-9(13(15)16)4-3-5-10(8)19(17,18)12-6-11(2,14)7-12/h3-5,14H,6-7H2,1-2H3. The predicted octanol–water partition coefficient (Wildman–Crippen LogP) is 0.659. The number of β-amino-alcohol motifs (C(OH)–C–C–N with tert-alkyl or cyclic N) is 1. The van der Waals surface area contributed by atoms with Gasteiger partial charge in [-0.05, 0) is 19.9 Å². The highest BCUT2D eigenvalue weighted by Gasteiger charge is 2.44. The van der Waals surface area contributed by atoms with E-state index in [1.807, 2.05) is 0 Å². The van der Waals surface area contributed by atoms with Crippen LogP contribution in [0.15, 0.2) is 23.1 Å². The first kappa shape index (κ1) is 13.9. The third-order valence-electron chi connectivity index (χ3n) is 3.10. The maximum atomic E-state index is 12.3. The van der Waals surface area contributed by atoms with Crippen LogP contribution in [0.3, 0.4) is 0 Å². The Morgan fingerprint density at radius 2 is 2.00 bits per heavy atom. The smallest absolute Gasteiger partial charge is 0.273 e. The van der Waals surface area contributed by atoms with Crippen LogP contribution in [0.25, 0.3) is 0 Å². The second kappa shape index (κ2) is 4.26. The number of nitro benzene ring substituents is 1. The Bertz CT molecular complexity index is 630. The van der Waals surface area contributed by atoms with Crippen molar-refractivity contribution in [2.24, 2.45) is 0 Å². The Labute approximate surface area is 110 Å². The molecule has 1 aliphatic rings. The molecule has 8 heteroatoms. The monoisotopic (exact) mass is 286 g/mol. The van der Waals surface area contributed by atoms with Crippen LogP contribution in [0.5, 0.6) is 0 Å². The van der Waals surface area contributed by atoms with Crippen LogP contribution in [0.4, 0.5) is 5.69 Å². The van der Waals surface area contributed by atoms with Gasteiger partial charge in [0.15, 0.2) is 0 Å². The zero-order chi connectivity index (χ0) is 14.4. The van der Waals surface area contributed by atoms with Gasteiger partial charge in [-0.2, -0.15) is 4.31 Å². The van der Waals surface area contributed by atoms with Gasteiger partial charge < -0.3 is 5.11 Å². The predicted molar refractivity (Wildman–Crippen MR) is 67.2 cm³/mol. The molecular weight excluding hydrogens is 272 g/mol. The van der Waals surface area contributed by atoms with Crippen LogP contribution in [-0.4, -0.2) is 41.4 Å². The number of nitrogens with zero attached hydrogens (tertiary/aromatic N) is 2. The minimum absolute atomic E-state index is 0.00251. The molecule has 1 aliphatic heterocycles. The first-order valence-corrected chi connectivity index (χ1v) is 7.06. The topological polar surface area (TPSA) is 101 Å². The van der Waals surface area contributed by atoms with Crippen LogP contribution in [0, 0.1) is 17.0 Å². The molecule has 104 valence electrons. The van der Waals surface area contributed by atoms with E-state index in [1.165, 1.54) is 25.1 Å². The molecule has 0 spiro atoms. The molecule has 0 aromatic heterocycles. The molecule has 1 saturated heterocycles. The second-order valence-corrected chi connectivity index (χ2v) is 6.83. The highest BCUT2D eigenvalue weighted by atomic mass is 32.2. The molecule has 1 heterocycles. The summed E-state index contributed by atoms with van der Waals surface area (Å²) in [6.07, 6.45) is 0. The van der Waals surface area contributed by atoms with E-state index in [1.54, 1.807) is 6.92 Å². The highest BCUT2D eigenvalue weighted by Crippen LogP contribution is 2.31. The lowest BCUT2D eigenvalue weighted by Crippen LogP contribution is -2.61. The molecule has 7 nitrogen and oxygen atoms in total. The maximum absolute atomic E-state index is 12.3. The summed E-state index contributed by atoms with van der Waals surface area (Å²) in [6.45, 7) is 2.94. The lowest BCUT2D eigenvalue weighted by atomic mass is 10.0. The molecule has 0 amide bonds. The van der Waals surface area contributed by atoms with Gasteiger partial charge in [0, 0.05) is 24.7 Å². The first-order valence-electron chi connectivity index (χ1n) is 5.62. The molecule has 1 fully saturated rings. The normalized spacial score (nSPS) is 18.9. The molecule has 0 saturated carbocycles. The van der Waals surface area contributed by atoms with E-state index in [9.17, 15) is 23.6 Å². The molecule has 1 N–H and O–H groups in total. The van der Waals surface area contributed by atoms with Crippen molar-refractivity contribution in [2.75, 3.05) is 13.1 Å². The summed E-state index contributed by atoms with van der Waals surface area (Å²) in [5, 5.41) is 20.4. The van der Waals surface area contributed by atoms with Gasteiger partial charge in [0.2, 0.25) is 10.0 Å². The Balaban J connectivity index is 2.43. The summed E-state index contributed by atoms with van der Waals surface area (Å²) in [5.74, 6) is 0. The van der Waals surface area contributed by atoms with Crippen LogP contribution < -0.4 is 0 Å². The first-order chi connectivity index (χ1) is 8.65. The number of nitro groups is 1. The minimum Gasteiger partial charge on any atom is -0.387 e. The molecule has 19 heavy (non-hydrogen) atoms. The zero-order valence-electron chi connectivity index (χ0n) is 10.5. The Kier molecular flexibility index (Phi) is 3.12. The average Bonchev–Trinajstić information content (AvgIpc) is 2.25. The summed E-state index contributed by atoms with van der Waals surface area (Å²) in [5.41, 5.74) is -1.14. The molecule has 0 bridgehead atoms. The van der Waals surface area contributed by atoms with Crippen LogP contribution in [0.2, 0.25) is 0 Å². The number of hydrogen-bond donors (Lipinski definition) is 1. The average molecular weight is 286 g/mol. The van der Waals surface area contributed by atoms with E-state index in [0.29, 0.717) is 0 Å². The van der Waals surface area contributed by atoms with E-state index >= 15 is 0 Å². The van der Waals surface area contributed by atoms with E-state index in [0.717, 1.165) is 4.31 Å². The van der Waals surface area contributed by atoms with Crippen LogP contribution in [-0.2, 0) is 10.0 Å². The number of aliphatic hydroxyl groups is 1. The van der Waals surface area contributed by atoms with Gasteiger partial charge in [0.25, 0.3) is 5.69 Å². The molecule has 0 atom stereocenters. The third-order valence-corrected chi connectivity index (χ3v) is 5.04. The Hall–Kier alpha value is -1.51. The van der Waals surface area contributed by atoms with Gasteiger partial charge in [-0.25, -0.2) is 8.42 Å². The van der Waals surface area contributed by atoms with Gasteiger partial charge in [-0.1, -0.05) is 6.07 Å². The third kappa shape index (κ3) is 2.34. The van der Waals surface area contributed by atoms with Crippen molar-refractivity contribution in [3.05, 3.63) is 33.9 Å². The van der Waals surface area contributed by atoms with Crippen molar-refractivity contribution in [3.8, 4) is 0 Å². The van der Waals surface area contributed by atoms with E-state index in [2.05, 4.69) is 0 Å². The van der Waals surface area contributed by atoms with E-state index in [-0.39, 0.29) is 29.2 Å². The van der Waals surface area contributed by atoms with Crippen molar-refractivity contribution in [1.82, 2.24) is 4.31 Å². The van der Waals surface area contributed by atoms with Crippen molar-refractivity contribution < 1.29 is 18.4 Å². The Morgan fingerprint density at radius 3 is 2.47 bits per heavy atom. The van der Waals surface area contributed by atoms with E-state index < -0.39 is 20.5 Å². The maximum Gasteiger partial charge on any atom is 0.273 e. The lowest BCUT2D eigenvalue weighted by molar-refractivity contribution is -0.385.